The molecule has 1 aliphatic heterocycles. The van der Waals surface area contributed by atoms with Crippen molar-refractivity contribution in [2.75, 3.05) is 25.0 Å². The highest BCUT2D eigenvalue weighted by Gasteiger charge is 2.28. The maximum Gasteiger partial charge on any atom is 0.307 e. The summed E-state index contributed by atoms with van der Waals surface area (Å²) in [5, 5.41) is 14.2. The second-order valence-electron chi connectivity index (χ2n) is 9.23. The predicted molar refractivity (Wildman–Crippen MR) is 143 cm³/mol. The number of carbonyl (C=O) groups is 2. The Kier molecular flexibility index (Phi) is 8.39. The van der Waals surface area contributed by atoms with Crippen LogP contribution in [0.5, 0.6) is 0 Å². The Morgan fingerprint density at radius 2 is 1.86 bits per heavy atom. The normalized spacial score (nSPS) is 14.1. The number of hydrogen-bond donors (Lipinski definition) is 4. The third-order valence-electron chi connectivity index (χ3n) is 6.63. The van der Waals surface area contributed by atoms with Crippen LogP contribution in [0.25, 0.3) is 11.0 Å². The number of nitrogens with zero attached hydrogens (tertiary/aromatic N) is 3. The number of nitrogens with one attached hydrogen (secondary N) is 3. The van der Waals surface area contributed by atoms with E-state index in [0.29, 0.717) is 25.3 Å². The minimum atomic E-state index is -0.620. The molecule has 1 amide bonds. The zero-order valence-electron chi connectivity index (χ0n) is 21.4. The van der Waals surface area contributed by atoms with Crippen LogP contribution in [-0.4, -0.2) is 57.9 Å². The van der Waals surface area contributed by atoms with E-state index >= 15 is 0 Å². The third-order valence-corrected chi connectivity index (χ3v) is 6.63. The van der Waals surface area contributed by atoms with Crippen molar-refractivity contribution in [3.8, 4) is 0 Å². The molecule has 5 N–H and O–H groups in total. The van der Waals surface area contributed by atoms with Crippen LogP contribution in [0.2, 0.25) is 0 Å². The molecule has 3 aromatic rings. The first-order valence-electron chi connectivity index (χ1n) is 12.7. The Balaban J connectivity index is 1.42. The topological polar surface area (TPSA) is 138 Å². The number of likely N-dealkylation sites (tertiary alicyclic amines) is 1. The van der Waals surface area contributed by atoms with Crippen LogP contribution in [0.4, 0.5) is 5.69 Å². The van der Waals surface area contributed by atoms with Gasteiger partial charge in [-0.05, 0) is 61.7 Å². The molecule has 4 rings (SSSR count). The van der Waals surface area contributed by atoms with Crippen LogP contribution in [-0.2, 0) is 34.5 Å². The van der Waals surface area contributed by atoms with Crippen molar-refractivity contribution < 1.29 is 14.3 Å². The first-order valence-corrected chi connectivity index (χ1v) is 12.7. The predicted octanol–water partition coefficient (Wildman–Crippen LogP) is 2.50. The molecule has 10 heteroatoms. The van der Waals surface area contributed by atoms with E-state index in [4.69, 9.17) is 20.9 Å². The molecule has 1 fully saturated rings. The molecular weight excluding hydrogens is 470 g/mol. The van der Waals surface area contributed by atoms with Gasteiger partial charge in [0.1, 0.15) is 11.7 Å². The molecule has 196 valence electrons. The molecule has 0 aliphatic carbocycles. The van der Waals surface area contributed by atoms with E-state index in [1.165, 1.54) is 0 Å². The Bertz CT molecular complexity index is 1260. The smallest absolute Gasteiger partial charge is 0.307 e. The number of amides is 1. The first kappa shape index (κ1) is 26.2. The lowest BCUT2D eigenvalue weighted by molar-refractivity contribution is -0.147. The second-order valence-corrected chi connectivity index (χ2v) is 9.23. The van der Waals surface area contributed by atoms with Crippen molar-refractivity contribution in [2.24, 2.45) is 12.8 Å². The van der Waals surface area contributed by atoms with Gasteiger partial charge in [-0.15, -0.1) is 0 Å². The molecule has 10 nitrogen and oxygen atoms in total. The zero-order valence-corrected chi connectivity index (χ0v) is 21.4. The summed E-state index contributed by atoms with van der Waals surface area (Å²) < 4.78 is 7.14. The number of nitrogen functional groups attached to an aromatic ring is 1. The van der Waals surface area contributed by atoms with Gasteiger partial charge in [-0.1, -0.05) is 6.07 Å². The SMILES string of the molecule is CCOC(=O)CC(NCc1ccc2c(c1)nc(CNc1ccc(C(=N)N)cc1)n2C)C(=O)N1CCCC1. The lowest BCUT2D eigenvalue weighted by Crippen LogP contribution is -2.46. The van der Waals surface area contributed by atoms with Gasteiger partial charge in [0, 0.05) is 37.9 Å². The van der Waals surface area contributed by atoms with Gasteiger partial charge in [0.2, 0.25) is 5.91 Å². The minimum absolute atomic E-state index is 0.0121. The number of rotatable bonds is 11. The van der Waals surface area contributed by atoms with Gasteiger partial charge in [0.05, 0.1) is 36.6 Å². The molecule has 37 heavy (non-hydrogen) atoms. The number of benzene rings is 2. The summed E-state index contributed by atoms with van der Waals surface area (Å²) in [7, 11) is 1.98. The van der Waals surface area contributed by atoms with Gasteiger partial charge in [-0.2, -0.15) is 0 Å². The highest BCUT2D eigenvalue weighted by molar-refractivity contribution is 5.95. The summed E-state index contributed by atoms with van der Waals surface area (Å²) in [5.41, 5.74) is 9.96. The molecule has 1 atom stereocenters. The van der Waals surface area contributed by atoms with Crippen LogP contribution in [0.1, 0.15) is 43.1 Å². The number of hydrogen-bond acceptors (Lipinski definition) is 7. The molecule has 1 aromatic heterocycles. The van der Waals surface area contributed by atoms with E-state index in [2.05, 4.69) is 10.6 Å². The monoisotopic (exact) mass is 505 g/mol. The number of ether oxygens (including phenoxy) is 1. The van der Waals surface area contributed by atoms with Gasteiger partial charge >= 0.3 is 5.97 Å². The van der Waals surface area contributed by atoms with Crippen molar-refractivity contribution in [2.45, 2.75) is 45.3 Å². The maximum atomic E-state index is 13.0. The van der Waals surface area contributed by atoms with E-state index in [9.17, 15) is 9.59 Å². The summed E-state index contributed by atoms with van der Waals surface area (Å²) >= 11 is 0. The molecule has 1 aliphatic rings. The summed E-state index contributed by atoms with van der Waals surface area (Å²) in [4.78, 5) is 31.8. The standard InChI is InChI=1S/C27H35N7O3/c1-3-37-25(35)15-22(27(36)34-12-4-5-13-34)31-16-18-6-11-23-21(14-18)32-24(33(23)2)17-30-20-9-7-19(8-10-20)26(28)29/h6-11,14,22,30-31H,3-5,12-13,15-17H2,1-2H3,(H3,28,29). The van der Waals surface area contributed by atoms with Crippen LogP contribution in [0.15, 0.2) is 42.5 Å². The highest BCUT2D eigenvalue weighted by Crippen LogP contribution is 2.19. The molecule has 1 unspecified atom stereocenters. The first-order chi connectivity index (χ1) is 17.9. The fraction of sp³-hybridized carbons (Fsp3) is 0.407. The fourth-order valence-corrected chi connectivity index (χ4v) is 4.54. The zero-order chi connectivity index (χ0) is 26.4. The number of nitrogens with two attached hydrogens (primary N) is 1. The number of carbonyl (C=O) groups excluding carboxylic acids is 2. The Morgan fingerprint density at radius 1 is 1.14 bits per heavy atom. The molecule has 1 saturated heterocycles. The molecule has 0 radical (unpaired) electrons. The minimum Gasteiger partial charge on any atom is -0.466 e. The number of aryl methyl sites for hydroxylation is 1. The van der Waals surface area contributed by atoms with E-state index in [0.717, 1.165) is 54.0 Å². The largest absolute Gasteiger partial charge is 0.466 e. The molecule has 2 aromatic carbocycles. The average molecular weight is 506 g/mol. The van der Waals surface area contributed by atoms with Gasteiger partial charge in [-0.25, -0.2) is 4.98 Å². The maximum absolute atomic E-state index is 13.0. The van der Waals surface area contributed by atoms with E-state index in [1.807, 2.05) is 59.0 Å². The third kappa shape index (κ3) is 6.45. The van der Waals surface area contributed by atoms with Crippen molar-refractivity contribution in [3.05, 3.63) is 59.4 Å². The fourth-order valence-electron chi connectivity index (χ4n) is 4.54. The van der Waals surface area contributed by atoms with Crippen molar-refractivity contribution >= 4 is 34.4 Å². The van der Waals surface area contributed by atoms with E-state index in [-0.39, 0.29) is 24.1 Å². The number of fused-ring (bicyclic) bond motifs is 1. The summed E-state index contributed by atoms with van der Waals surface area (Å²) in [6.07, 6.45) is 2.00. The van der Waals surface area contributed by atoms with Crippen molar-refractivity contribution in [1.29, 1.82) is 5.41 Å². The number of imidazole rings is 1. The molecule has 0 bridgehead atoms. The van der Waals surface area contributed by atoms with Crippen molar-refractivity contribution in [1.82, 2.24) is 19.8 Å². The summed E-state index contributed by atoms with van der Waals surface area (Å²) in [5.74, 6) is 0.495. The quantitative estimate of drug-likeness (QED) is 0.178. The molecule has 0 saturated carbocycles. The van der Waals surface area contributed by atoms with E-state index in [1.54, 1.807) is 6.92 Å². The van der Waals surface area contributed by atoms with Gasteiger partial charge in [0.15, 0.2) is 0 Å². The van der Waals surface area contributed by atoms with Crippen LogP contribution < -0.4 is 16.4 Å². The highest BCUT2D eigenvalue weighted by atomic mass is 16.5. The molecule has 2 heterocycles. The van der Waals surface area contributed by atoms with Gasteiger partial charge in [0.25, 0.3) is 0 Å². The second kappa shape index (κ2) is 11.9. The number of aromatic nitrogens is 2. The average Bonchev–Trinajstić information content (AvgIpc) is 3.53. The van der Waals surface area contributed by atoms with Gasteiger partial charge < -0.3 is 30.6 Å². The lowest BCUT2D eigenvalue weighted by Gasteiger charge is -2.23. The van der Waals surface area contributed by atoms with Crippen LogP contribution in [0, 0.1) is 5.41 Å². The summed E-state index contributed by atoms with van der Waals surface area (Å²) in [6.45, 7) is 4.49. The Labute approximate surface area is 216 Å². The van der Waals surface area contributed by atoms with Crippen LogP contribution >= 0.6 is 0 Å². The number of amidine groups is 1. The summed E-state index contributed by atoms with van der Waals surface area (Å²) in [6, 6.07) is 12.8. The number of esters is 1. The molecule has 0 spiro atoms. The van der Waals surface area contributed by atoms with Gasteiger partial charge in [-0.3, -0.25) is 15.0 Å². The molecular formula is C27H35N7O3. The Hall–Kier alpha value is -3.92. The van der Waals surface area contributed by atoms with Crippen molar-refractivity contribution in [3.63, 3.8) is 0 Å². The number of anilines is 1. The van der Waals surface area contributed by atoms with E-state index < -0.39 is 6.04 Å². The van der Waals surface area contributed by atoms with Crippen LogP contribution in [0.3, 0.4) is 0 Å². The lowest BCUT2D eigenvalue weighted by atomic mass is 10.1. The Morgan fingerprint density at radius 3 is 2.54 bits per heavy atom.